The third-order valence-electron chi connectivity index (χ3n) is 8.42. The number of fused-ring (bicyclic) bond motifs is 3. The van der Waals surface area contributed by atoms with Gasteiger partial charge in [-0.3, -0.25) is 4.79 Å². The molecule has 11 heteroatoms. The highest BCUT2D eigenvalue weighted by molar-refractivity contribution is 5.91. The minimum atomic E-state index is -1.56. The third kappa shape index (κ3) is 5.09. The molecule has 2 aliphatic carbocycles. The number of esters is 2. The number of hydrogen-bond donors (Lipinski definition) is 5. The molecule has 0 aromatic heterocycles. The van der Waals surface area contributed by atoms with Crippen LogP contribution in [0.15, 0.2) is 60.7 Å². The number of aliphatic hydroxyl groups is 5. The number of benzene rings is 1. The Bertz CT molecular complexity index is 1190. The SMILES string of the molecule is C=C1C(=O)O[C@@H]2[C@H]3C(=C)[C@H](OC(=O)Cc4ccc(O[C@H]5O[C@H](CO)[C@H](O)[C@@H](O)[C@@H]5O)cc4)C[C@H]3C(=C)C[C@@H](O)[C@@H]12. The Morgan fingerprint density at radius 3 is 2.38 bits per heavy atom. The van der Waals surface area contributed by atoms with Gasteiger partial charge in [0.15, 0.2) is 0 Å². The highest BCUT2D eigenvalue weighted by atomic mass is 16.7. The van der Waals surface area contributed by atoms with E-state index >= 15 is 0 Å². The minimum absolute atomic E-state index is 0.0447. The lowest BCUT2D eigenvalue weighted by molar-refractivity contribution is -0.277. The van der Waals surface area contributed by atoms with Crippen LogP contribution in [0.1, 0.15) is 18.4 Å². The molecule has 0 radical (unpaired) electrons. The fraction of sp³-hybridized carbons (Fsp3) is 0.517. The Balaban J connectivity index is 1.20. The Labute approximate surface area is 230 Å². The summed E-state index contributed by atoms with van der Waals surface area (Å²) in [6.45, 7) is 11.5. The molecule has 0 spiro atoms. The van der Waals surface area contributed by atoms with E-state index in [0.29, 0.717) is 24.0 Å². The van der Waals surface area contributed by atoms with E-state index in [1.165, 1.54) is 0 Å². The topological polar surface area (TPSA) is 172 Å². The molecule has 216 valence electrons. The van der Waals surface area contributed by atoms with Crippen LogP contribution < -0.4 is 4.74 Å². The van der Waals surface area contributed by atoms with Gasteiger partial charge in [0.05, 0.1) is 25.0 Å². The van der Waals surface area contributed by atoms with Crippen molar-refractivity contribution in [2.24, 2.45) is 17.8 Å². The lowest BCUT2D eigenvalue weighted by atomic mass is 9.81. The summed E-state index contributed by atoms with van der Waals surface area (Å²) in [6.07, 6.45) is -8.39. The van der Waals surface area contributed by atoms with Gasteiger partial charge in [0, 0.05) is 11.5 Å². The molecule has 40 heavy (non-hydrogen) atoms. The fourth-order valence-electron chi connectivity index (χ4n) is 6.24. The first-order chi connectivity index (χ1) is 19.0. The lowest BCUT2D eigenvalue weighted by Crippen LogP contribution is -2.60. The Morgan fingerprint density at radius 2 is 1.70 bits per heavy atom. The average molecular weight is 559 g/mol. The van der Waals surface area contributed by atoms with E-state index in [1.54, 1.807) is 24.3 Å². The third-order valence-corrected chi connectivity index (χ3v) is 8.42. The van der Waals surface area contributed by atoms with Gasteiger partial charge in [0.2, 0.25) is 6.29 Å². The van der Waals surface area contributed by atoms with Crippen molar-refractivity contribution < 1.29 is 54.1 Å². The van der Waals surface area contributed by atoms with Crippen LogP contribution in [-0.4, -0.2) is 93.1 Å². The number of ether oxygens (including phenoxy) is 4. The molecular weight excluding hydrogens is 524 g/mol. The molecular formula is C29H34O11. The van der Waals surface area contributed by atoms with Crippen LogP contribution in [0.25, 0.3) is 0 Å². The zero-order valence-corrected chi connectivity index (χ0v) is 21.8. The molecule has 4 fully saturated rings. The van der Waals surface area contributed by atoms with Gasteiger partial charge in [-0.05, 0) is 42.0 Å². The molecule has 2 aliphatic heterocycles. The first-order valence-electron chi connectivity index (χ1n) is 13.2. The molecule has 11 nitrogen and oxygen atoms in total. The zero-order valence-electron chi connectivity index (χ0n) is 21.8. The largest absolute Gasteiger partial charge is 0.462 e. The van der Waals surface area contributed by atoms with Crippen molar-refractivity contribution in [1.29, 1.82) is 0 Å². The summed E-state index contributed by atoms with van der Waals surface area (Å²) >= 11 is 0. The van der Waals surface area contributed by atoms with Gasteiger partial charge in [-0.25, -0.2) is 4.79 Å². The Morgan fingerprint density at radius 1 is 1.00 bits per heavy atom. The van der Waals surface area contributed by atoms with Crippen molar-refractivity contribution in [3.63, 3.8) is 0 Å². The van der Waals surface area contributed by atoms with E-state index in [0.717, 1.165) is 5.57 Å². The van der Waals surface area contributed by atoms with Crippen LogP contribution >= 0.6 is 0 Å². The van der Waals surface area contributed by atoms with Crippen molar-refractivity contribution in [2.45, 2.75) is 68.3 Å². The summed E-state index contributed by atoms with van der Waals surface area (Å²) in [5.41, 5.74) is 2.27. The van der Waals surface area contributed by atoms with E-state index in [4.69, 9.17) is 18.9 Å². The van der Waals surface area contributed by atoms with Crippen molar-refractivity contribution in [3.05, 3.63) is 66.3 Å². The van der Waals surface area contributed by atoms with Gasteiger partial charge < -0.3 is 44.5 Å². The maximum absolute atomic E-state index is 12.8. The normalized spacial score (nSPS) is 39.3. The smallest absolute Gasteiger partial charge is 0.334 e. The summed E-state index contributed by atoms with van der Waals surface area (Å²) in [6, 6.07) is 6.36. The monoisotopic (exact) mass is 558 g/mol. The molecule has 2 saturated carbocycles. The predicted molar refractivity (Wildman–Crippen MR) is 137 cm³/mol. The molecule has 4 aliphatic rings. The van der Waals surface area contributed by atoms with Gasteiger partial charge in [-0.1, -0.05) is 37.4 Å². The number of hydrogen-bond acceptors (Lipinski definition) is 11. The summed E-state index contributed by atoms with van der Waals surface area (Å²) < 4.78 is 22.3. The van der Waals surface area contributed by atoms with Crippen LogP contribution in [0.5, 0.6) is 5.75 Å². The van der Waals surface area contributed by atoms with Gasteiger partial charge in [-0.2, -0.15) is 0 Å². The first-order valence-corrected chi connectivity index (χ1v) is 13.2. The Kier molecular flexibility index (Phi) is 7.88. The number of carbonyl (C=O) groups is 2. The maximum atomic E-state index is 12.8. The van der Waals surface area contributed by atoms with Crippen LogP contribution in [0.4, 0.5) is 0 Å². The molecule has 2 saturated heterocycles. The number of carbonyl (C=O) groups excluding carboxylic acids is 2. The van der Waals surface area contributed by atoms with Crippen molar-refractivity contribution in [2.75, 3.05) is 6.61 Å². The van der Waals surface area contributed by atoms with Gasteiger partial charge in [-0.15, -0.1) is 0 Å². The van der Waals surface area contributed by atoms with E-state index in [2.05, 4.69) is 19.7 Å². The maximum Gasteiger partial charge on any atom is 0.334 e. The molecule has 0 bridgehead atoms. The summed E-state index contributed by atoms with van der Waals surface area (Å²) in [5.74, 6) is -1.81. The van der Waals surface area contributed by atoms with Crippen molar-refractivity contribution in [3.8, 4) is 5.75 Å². The molecule has 0 amide bonds. The van der Waals surface area contributed by atoms with Crippen molar-refractivity contribution in [1.82, 2.24) is 0 Å². The Hall–Kier alpha value is -3.06. The quantitative estimate of drug-likeness (QED) is 0.180. The fourth-order valence-corrected chi connectivity index (χ4v) is 6.24. The summed E-state index contributed by atoms with van der Waals surface area (Å²) in [4.78, 5) is 25.1. The van der Waals surface area contributed by atoms with Crippen LogP contribution in [0.3, 0.4) is 0 Å². The van der Waals surface area contributed by atoms with Gasteiger partial charge >= 0.3 is 11.9 Å². The highest BCUT2D eigenvalue weighted by Crippen LogP contribution is 2.52. The second kappa shape index (κ2) is 11.1. The number of aliphatic hydroxyl groups excluding tert-OH is 5. The molecule has 11 atom stereocenters. The lowest BCUT2D eigenvalue weighted by Gasteiger charge is -2.39. The van der Waals surface area contributed by atoms with E-state index in [1.807, 2.05) is 0 Å². The highest BCUT2D eigenvalue weighted by Gasteiger charge is 2.56. The van der Waals surface area contributed by atoms with Gasteiger partial charge in [0.25, 0.3) is 0 Å². The summed E-state index contributed by atoms with van der Waals surface area (Å²) in [5, 5.41) is 50.0. The molecule has 5 rings (SSSR count). The molecule has 5 N–H and O–H groups in total. The van der Waals surface area contributed by atoms with Crippen molar-refractivity contribution >= 4 is 11.9 Å². The number of rotatable bonds is 6. The van der Waals surface area contributed by atoms with Crippen LogP contribution in [0.2, 0.25) is 0 Å². The molecule has 1 aromatic rings. The summed E-state index contributed by atoms with van der Waals surface area (Å²) in [7, 11) is 0. The van der Waals surface area contributed by atoms with E-state index < -0.39 is 73.5 Å². The molecule has 2 heterocycles. The zero-order chi connectivity index (χ0) is 28.9. The average Bonchev–Trinajstić information content (AvgIpc) is 3.36. The molecule has 1 aromatic carbocycles. The molecule has 0 unspecified atom stereocenters. The van der Waals surface area contributed by atoms with Gasteiger partial charge in [0.1, 0.15) is 42.4 Å². The standard InChI is InChI=1S/C29H34O11/c1-12-8-18(31)23-14(3)28(36)40-27(23)22-13(2)19(10-17(12)22)38-21(32)9-15-4-6-16(7-5-15)37-29-26(35)25(34)24(33)20(11-30)39-29/h4-7,17-20,22-27,29-31,33-35H,1-3,8-11H2/t17-,18+,19+,20+,22-,23+,24-,25+,26-,27+,29-/m0/s1. The predicted octanol–water partition coefficient (Wildman–Crippen LogP) is -0.0695. The van der Waals surface area contributed by atoms with Crippen LogP contribution in [-0.2, 0) is 30.2 Å². The minimum Gasteiger partial charge on any atom is -0.462 e. The first kappa shape index (κ1) is 28.5. The van der Waals surface area contributed by atoms with E-state index in [9.17, 15) is 35.1 Å². The second-order valence-corrected chi connectivity index (χ2v) is 10.9. The van der Waals surface area contributed by atoms with E-state index in [-0.39, 0.29) is 29.6 Å². The van der Waals surface area contributed by atoms with Crippen LogP contribution in [0, 0.1) is 17.8 Å². The second-order valence-electron chi connectivity index (χ2n) is 10.9.